The number of aryl methyl sites for hydroxylation is 1. The van der Waals surface area contributed by atoms with E-state index >= 15 is 0 Å². The summed E-state index contributed by atoms with van der Waals surface area (Å²) >= 11 is 6.07. The lowest BCUT2D eigenvalue weighted by atomic mass is 10.2. The van der Waals surface area contributed by atoms with Crippen LogP contribution in [0.3, 0.4) is 0 Å². The molecule has 0 unspecified atom stereocenters. The molecule has 1 aromatic heterocycles. The van der Waals surface area contributed by atoms with Crippen molar-refractivity contribution in [2.45, 2.75) is 12.8 Å². The summed E-state index contributed by atoms with van der Waals surface area (Å²) in [6.07, 6.45) is 2.45. The van der Waals surface area contributed by atoms with Crippen molar-refractivity contribution in [3.8, 4) is 11.8 Å². The van der Waals surface area contributed by atoms with Crippen molar-refractivity contribution in [3.05, 3.63) is 52.9 Å². The second-order valence-corrected chi connectivity index (χ2v) is 4.74. The molecule has 108 valence electrons. The lowest BCUT2D eigenvalue weighted by Gasteiger charge is -2.07. The van der Waals surface area contributed by atoms with Crippen molar-refractivity contribution in [1.82, 2.24) is 0 Å². The van der Waals surface area contributed by atoms with Gasteiger partial charge in [0.1, 0.15) is 5.76 Å². The van der Waals surface area contributed by atoms with Crippen molar-refractivity contribution >= 4 is 23.2 Å². The number of nitrogens with one attached hydrogen (secondary N) is 1. The highest BCUT2D eigenvalue weighted by molar-refractivity contribution is 6.33. The number of furan rings is 1. The molecular formula is C16H15ClN2O2. The van der Waals surface area contributed by atoms with Crippen LogP contribution in [0, 0.1) is 11.8 Å². The van der Waals surface area contributed by atoms with Crippen molar-refractivity contribution in [3.63, 3.8) is 0 Å². The van der Waals surface area contributed by atoms with Crippen LogP contribution in [0.4, 0.5) is 5.69 Å². The zero-order chi connectivity index (χ0) is 15.1. The summed E-state index contributed by atoms with van der Waals surface area (Å²) in [4.78, 5) is 11.9. The van der Waals surface area contributed by atoms with E-state index in [-0.39, 0.29) is 12.5 Å². The first-order valence-corrected chi connectivity index (χ1v) is 6.87. The van der Waals surface area contributed by atoms with Gasteiger partial charge in [0.2, 0.25) is 5.91 Å². The summed E-state index contributed by atoms with van der Waals surface area (Å²) in [5.74, 6) is 6.31. The molecule has 0 bridgehead atoms. The maximum atomic E-state index is 11.9. The molecule has 0 fully saturated rings. The van der Waals surface area contributed by atoms with E-state index in [1.807, 2.05) is 6.07 Å². The second-order valence-electron chi connectivity index (χ2n) is 4.33. The van der Waals surface area contributed by atoms with E-state index in [0.717, 1.165) is 11.3 Å². The van der Waals surface area contributed by atoms with Crippen LogP contribution in [-0.2, 0) is 11.2 Å². The van der Waals surface area contributed by atoms with Crippen LogP contribution in [0.1, 0.15) is 17.7 Å². The Balaban J connectivity index is 1.99. The maximum absolute atomic E-state index is 11.9. The predicted molar refractivity (Wildman–Crippen MR) is 83.0 cm³/mol. The Morgan fingerprint density at radius 3 is 2.95 bits per heavy atom. The van der Waals surface area contributed by atoms with Crippen LogP contribution in [0.5, 0.6) is 0 Å². The van der Waals surface area contributed by atoms with Crippen molar-refractivity contribution < 1.29 is 9.21 Å². The first-order valence-electron chi connectivity index (χ1n) is 6.50. The maximum Gasteiger partial charge on any atom is 0.224 e. The third-order valence-electron chi connectivity index (χ3n) is 2.75. The van der Waals surface area contributed by atoms with Crippen molar-refractivity contribution in [2.75, 3.05) is 11.9 Å². The number of rotatable bonds is 4. The smallest absolute Gasteiger partial charge is 0.224 e. The molecule has 1 amide bonds. The summed E-state index contributed by atoms with van der Waals surface area (Å²) in [5, 5.41) is 3.25. The third-order valence-corrected chi connectivity index (χ3v) is 3.08. The molecule has 0 atom stereocenters. The average molecular weight is 303 g/mol. The minimum atomic E-state index is -0.128. The fourth-order valence-electron chi connectivity index (χ4n) is 1.76. The van der Waals surface area contributed by atoms with Gasteiger partial charge in [-0.15, -0.1) is 0 Å². The van der Waals surface area contributed by atoms with Gasteiger partial charge in [0.25, 0.3) is 0 Å². The van der Waals surface area contributed by atoms with Gasteiger partial charge >= 0.3 is 0 Å². The van der Waals surface area contributed by atoms with Gasteiger partial charge < -0.3 is 15.5 Å². The molecule has 0 saturated carbocycles. The van der Waals surface area contributed by atoms with E-state index < -0.39 is 0 Å². The van der Waals surface area contributed by atoms with E-state index in [2.05, 4.69) is 17.2 Å². The standard InChI is InChI=1S/C16H15ClN2O2/c17-14-7-5-12(3-1-9-18)11-15(14)19-16(20)8-6-13-4-2-10-21-13/h2,4-5,7,10-11H,6,8-9,18H2,(H,19,20). The third kappa shape index (κ3) is 4.67. The number of hydrogen-bond donors (Lipinski definition) is 2. The Morgan fingerprint density at radius 2 is 2.24 bits per heavy atom. The molecule has 1 heterocycles. The van der Waals surface area contributed by atoms with E-state index in [1.54, 1.807) is 30.5 Å². The van der Waals surface area contributed by atoms with Crippen molar-refractivity contribution in [2.24, 2.45) is 5.73 Å². The molecule has 0 aliphatic carbocycles. The largest absolute Gasteiger partial charge is 0.469 e. The zero-order valence-electron chi connectivity index (χ0n) is 11.4. The summed E-state index contributed by atoms with van der Waals surface area (Å²) < 4.78 is 5.19. The second kappa shape index (κ2) is 7.53. The van der Waals surface area contributed by atoms with E-state index in [4.69, 9.17) is 21.8 Å². The first-order chi connectivity index (χ1) is 10.2. The molecule has 4 nitrogen and oxygen atoms in total. The molecule has 2 rings (SSSR count). The number of halogens is 1. The lowest BCUT2D eigenvalue weighted by Crippen LogP contribution is -2.12. The molecule has 0 aliphatic rings. The van der Waals surface area contributed by atoms with Crippen LogP contribution >= 0.6 is 11.6 Å². The molecule has 21 heavy (non-hydrogen) atoms. The van der Waals surface area contributed by atoms with E-state index in [0.29, 0.717) is 23.6 Å². The van der Waals surface area contributed by atoms with Crippen LogP contribution in [0.2, 0.25) is 5.02 Å². The van der Waals surface area contributed by atoms with Gasteiger partial charge in [-0.05, 0) is 30.3 Å². The number of carbonyl (C=O) groups excluding carboxylic acids is 1. The molecule has 0 saturated heterocycles. The molecule has 2 aromatic rings. The summed E-state index contributed by atoms with van der Waals surface area (Å²) in [5.41, 5.74) is 6.63. The van der Waals surface area contributed by atoms with E-state index in [1.165, 1.54) is 0 Å². The summed E-state index contributed by atoms with van der Waals surface area (Å²) in [6.45, 7) is 0.285. The minimum absolute atomic E-state index is 0.128. The molecular weight excluding hydrogens is 288 g/mol. The van der Waals surface area contributed by atoms with Gasteiger partial charge in [-0.1, -0.05) is 23.4 Å². The van der Waals surface area contributed by atoms with Crippen LogP contribution in [-0.4, -0.2) is 12.5 Å². The van der Waals surface area contributed by atoms with Crippen LogP contribution in [0.25, 0.3) is 0 Å². The molecule has 0 spiro atoms. The van der Waals surface area contributed by atoms with Gasteiger partial charge in [0.15, 0.2) is 0 Å². The Morgan fingerprint density at radius 1 is 1.38 bits per heavy atom. The number of carbonyl (C=O) groups is 1. The Hall–Kier alpha value is -2.22. The minimum Gasteiger partial charge on any atom is -0.469 e. The fourth-order valence-corrected chi connectivity index (χ4v) is 1.92. The van der Waals surface area contributed by atoms with Crippen LogP contribution < -0.4 is 11.1 Å². The number of hydrogen-bond acceptors (Lipinski definition) is 3. The first kappa shape index (κ1) is 15.2. The average Bonchev–Trinajstić information content (AvgIpc) is 2.99. The Kier molecular flexibility index (Phi) is 5.44. The fraction of sp³-hybridized carbons (Fsp3) is 0.188. The molecule has 0 radical (unpaired) electrons. The topological polar surface area (TPSA) is 68.3 Å². The van der Waals surface area contributed by atoms with Gasteiger partial charge in [-0.3, -0.25) is 4.79 Å². The highest BCUT2D eigenvalue weighted by Crippen LogP contribution is 2.23. The van der Waals surface area contributed by atoms with Gasteiger partial charge in [0, 0.05) is 18.4 Å². The molecule has 3 N–H and O–H groups in total. The molecule has 1 aromatic carbocycles. The zero-order valence-corrected chi connectivity index (χ0v) is 12.1. The van der Waals surface area contributed by atoms with Gasteiger partial charge in [-0.2, -0.15) is 0 Å². The highest BCUT2D eigenvalue weighted by atomic mass is 35.5. The molecule has 5 heteroatoms. The lowest BCUT2D eigenvalue weighted by molar-refractivity contribution is -0.116. The van der Waals surface area contributed by atoms with Gasteiger partial charge in [-0.25, -0.2) is 0 Å². The number of nitrogens with two attached hydrogens (primary N) is 1. The Labute approximate surface area is 128 Å². The predicted octanol–water partition coefficient (Wildman–Crippen LogP) is 2.81. The SMILES string of the molecule is NCC#Cc1ccc(Cl)c(NC(=O)CCc2ccco2)c1. The summed E-state index contributed by atoms with van der Waals surface area (Å²) in [7, 11) is 0. The van der Waals surface area contributed by atoms with Crippen molar-refractivity contribution in [1.29, 1.82) is 0 Å². The quantitative estimate of drug-likeness (QED) is 0.853. The molecule has 0 aliphatic heterocycles. The van der Waals surface area contributed by atoms with Gasteiger partial charge in [0.05, 0.1) is 23.5 Å². The number of benzene rings is 1. The Bertz CT molecular complexity index is 669. The normalized spacial score (nSPS) is 9.81. The monoisotopic (exact) mass is 302 g/mol. The van der Waals surface area contributed by atoms with Crippen LogP contribution in [0.15, 0.2) is 41.0 Å². The number of anilines is 1. The van der Waals surface area contributed by atoms with E-state index in [9.17, 15) is 4.79 Å². The summed E-state index contributed by atoms with van der Waals surface area (Å²) in [6, 6.07) is 8.84. The highest BCUT2D eigenvalue weighted by Gasteiger charge is 2.08. The number of amides is 1.